The van der Waals surface area contributed by atoms with Gasteiger partial charge in [0.1, 0.15) is 16.2 Å². The number of anilines is 3. The Kier molecular flexibility index (Phi) is 6.30. The molecule has 0 aromatic carbocycles. The zero-order chi connectivity index (χ0) is 18.4. The van der Waals surface area contributed by atoms with Gasteiger partial charge in [0, 0.05) is 25.4 Å². The molecule has 0 aliphatic carbocycles. The lowest BCUT2D eigenvalue weighted by molar-refractivity contribution is 0.181. The van der Waals surface area contributed by atoms with E-state index in [9.17, 15) is 0 Å². The Labute approximate surface area is 157 Å². The van der Waals surface area contributed by atoms with Crippen LogP contribution in [-0.2, 0) is 11.3 Å². The minimum Gasteiger partial charge on any atom is -0.378 e. The summed E-state index contributed by atoms with van der Waals surface area (Å²) < 4.78 is 5.25. The van der Waals surface area contributed by atoms with E-state index >= 15 is 0 Å². The number of ether oxygens (including phenoxy) is 1. The first-order chi connectivity index (χ1) is 12.7. The van der Waals surface area contributed by atoms with Gasteiger partial charge in [-0.25, -0.2) is 15.0 Å². The Hall–Kier alpha value is -2.32. The van der Waals surface area contributed by atoms with E-state index in [0.29, 0.717) is 24.4 Å². The summed E-state index contributed by atoms with van der Waals surface area (Å²) in [6, 6.07) is 6.07. The van der Waals surface area contributed by atoms with Crippen molar-refractivity contribution < 1.29 is 4.74 Å². The molecule has 7 nitrogen and oxygen atoms in total. The molecule has 0 fully saturated rings. The second-order valence-electron chi connectivity index (χ2n) is 6.01. The predicted molar refractivity (Wildman–Crippen MR) is 106 cm³/mol. The standard InChI is InChI=1S/C18H24N6OS/c1-4-7-12(5-2)20-17-21-13(11-25-3)10-15(23-17)24-18-22-14-8-6-9-19-16(14)26-18/h6,8-10,12H,4-5,7,11H2,1-3H3,(H2,20,21,22,23,24). The van der Waals surface area contributed by atoms with E-state index in [4.69, 9.17) is 4.74 Å². The van der Waals surface area contributed by atoms with Gasteiger partial charge in [-0.3, -0.25) is 0 Å². The van der Waals surface area contributed by atoms with Crippen LogP contribution in [0.15, 0.2) is 24.4 Å². The fourth-order valence-electron chi connectivity index (χ4n) is 2.69. The summed E-state index contributed by atoms with van der Waals surface area (Å²) >= 11 is 1.50. The van der Waals surface area contributed by atoms with Crippen molar-refractivity contribution in [2.24, 2.45) is 0 Å². The van der Waals surface area contributed by atoms with Gasteiger partial charge in [0.25, 0.3) is 0 Å². The maximum Gasteiger partial charge on any atom is 0.225 e. The van der Waals surface area contributed by atoms with Gasteiger partial charge < -0.3 is 15.4 Å². The van der Waals surface area contributed by atoms with Crippen LogP contribution in [0.2, 0.25) is 0 Å². The van der Waals surface area contributed by atoms with Crippen molar-refractivity contribution in [1.29, 1.82) is 0 Å². The molecule has 0 radical (unpaired) electrons. The van der Waals surface area contributed by atoms with Gasteiger partial charge in [0.15, 0.2) is 5.13 Å². The molecule has 3 rings (SSSR count). The molecular weight excluding hydrogens is 348 g/mol. The number of aromatic nitrogens is 4. The number of fused-ring (bicyclic) bond motifs is 1. The molecule has 0 bridgehead atoms. The van der Waals surface area contributed by atoms with Crippen molar-refractivity contribution in [3.05, 3.63) is 30.1 Å². The number of pyridine rings is 1. The molecule has 8 heteroatoms. The van der Waals surface area contributed by atoms with Crippen molar-refractivity contribution in [1.82, 2.24) is 19.9 Å². The Morgan fingerprint density at radius 3 is 2.85 bits per heavy atom. The van der Waals surface area contributed by atoms with Crippen molar-refractivity contribution >= 4 is 38.6 Å². The van der Waals surface area contributed by atoms with E-state index in [1.54, 1.807) is 13.3 Å². The lowest BCUT2D eigenvalue weighted by atomic mass is 10.1. The first-order valence-electron chi connectivity index (χ1n) is 8.83. The number of rotatable bonds is 9. The van der Waals surface area contributed by atoms with Crippen molar-refractivity contribution in [3.8, 4) is 0 Å². The summed E-state index contributed by atoms with van der Waals surface area (Å²) in [5.74, 6) is 1.31. The van der Waals surface area contributed by atoms with E-state index < -0.39 is 0 Å². The molecule has 0 saturated carbocycles. The average Bonchev–Trinajstić information content (AvgIpc) is 3.03. The van der Waals surface area contributed by atoms with Crippen LogP contribution in [-0.4, -0.2) is 33.1 Å². The number of methoxy groups -OCH3 is 1. The quantitative estimate of drug-likeness (QED) is 0.577. The highest BCUT2D eigenvalue weighted by atomic mass is 32.1. The van der Waals surface area contributed by atoms with Crippen LogP contribution in [0, 0.1) is 0 Å². The molecule has 0 spiro atoms. The molecule has 3 aromatic rings. The highest BCUT2D eigenvalue weighted by Gasteiger charge is 2.11. The monoisotopic (exact) mass is 372 g/mol. The number of nitrogens with zero attached hydrogens (tertiary/aromatic N) is 4. The molecular formula is C18H24N6OS. The van der Waals surface area contributed by atoms with Crippen molar-refractivity contribution in [2.75, 3.05) is 17.7 Å². The van der Waals surface area contributed by atoms with Crippen LogP contribution < -0.4 is 10.6 Å². The summed E-state index contributed by atoms with van der Waals surface area (Å²) in [5, 5.41) is 7.47. The zero-order valence-corrected chi connectivity index (χ0v) is 16.1. The largest absolute Gasteiger partial charge is 0.378 e. The second kappa shape index (κ2) is 8.86. The Morgan fingerprint density at radius 1 is 1.23 bits per heavy atom. The molecule has 1 unspecified atom stereocenters. The summed E-state index contributed by atoms with van der Waals surface area (Å²) in [6.07, 6.45) is 5.00. The molecule has 26 heavy (non-hydrogen) atoms. The number of nitrogens with one attached hydrogen (secondary N) is 2. The summed E-state index contributed by atoms with van der Waals surface area (Å²) in [4.78, 5) is 18.9. The average molecular weight is 372 g/mol. The maximum atomic E-state index is 5.25. The normalized spacial score (nSPS) is 12.3. The van der Waals surface area contributed by atoms with Crippen LogP contribution in [0.4, 0.5) is 16.9 Å². The highest BCUT2D eigenvalue weighted by Crippen LogP contribution is 2.26. The van der Waals surface area contributed by atoms with Gasteiger partial charge >= 0.3 is 0 Å². The highest BCUT2D eigenvalue weighted by molar-refractivity contribution is 7.21. The Bertz CT molecular complexity index is 820. The number of thiazole rings is 1. The summed E-state index contributed by atoms with van der Waals surface area (Å²) in [6.45, 7) is 4.78. The predicted octanol–water partition coefficient (Wildman–Crippen LogP) is 4.36. The minimum absolute atomic E-state index is 0.359. The fourth-order valence-corrected chi connectivity index (χ4v) is 3.50. The van der Waals surface area contributed by atoms with Crippen molar-refractivity contribution in [2.45, 2.75) is 45.8 Å². The van der Waals surface area contributed by atoms with E-state index in [1.807, 2.05) is 18.2 Å². The van der Waals surface area contributed by atoms with E-state index in [1.165, 1.54) is 11.3 Å². The van der Waals surface area contributed by atoms with Gasteiger partial charge in [-0.15, -0.1) is 0 Å². The summed E-state index contributed by atoms with van der Waals surface area (Å²) in [7, 11) is 1.66. The third kappa shape index (κ3) is 4.64. The zero-order valence-electron chi connectivity index (χ0n) is 15.3. The van der Waals surface area contributed by atoms with E-state index in [0.717, 1.165) is 40.4 Å². The first-order valence-corrected chi connectivity index (χ1v) is 9.65. The van der Waals surface area contributed by atoms with Gasteiger partial charge in [0.2, 0.25) is 5.95 Å². The molecule has 3 aromatic heterocycles. The molecule has 0 saturated heterocycles. The maximum absolute atomic E-state index is 5.25. The Morgan fingerprint density at radius 2 is 2.12 bits per heavy atom. The number of hydrogen-bond donors (Lipinski definition) is 2. The molecule has 138 valence electrons. The lowest BCUT2D eigenvalue weighted by Crippen LogP contribution is -2.20. The second-order valence-corrected chi connectivity index (χ2v) is 6.99. The van der Waals surface area contributed by atoms with Crippen LogP contribution in [0.5, 0.6) is 0 Å². The molecule has 0 amide bonds. The molecule has 1 atom stereocenters. The Balaban J connectivity index is 1.84. The molecule has 0 aliphatic rings. The first kappa shape index (κ1) is 18.5. The van der Waals surface area contributed by atoms with Crippen LogP contribution in [0.1, 0.15) is 38.8 Å². The van der Waals surface area contributed by atoms with Gasteiger partial charge in [-0.05, 0) is 25.0 Å². The molecule has 3 heterocycles. The van der Waals surface area contributed by atoms with Crippen LogP contribution in [0.3, 0.4) is 0 Å². The third-order valence-corrected chi connectivity index (χ3v) is 4.83. The van der Waals surface area contributed by atoms with Gasteiger partial charge in [-0.2, -0.15) is 4.98 Å². The van der Waals surface area contributed by atoms with Crippen LogP contribution >= 0.6 is 11.3 Å². The van der Waals surface area contributed by atoms with E-state index in [-0.39, 0.29) is 0 Å². The lowest BCUT2D eigenvalue weighted by Gasteiger charge is -2.17. The smallest absolute Gasteiger partial charge is 0.225 e. The third-order valence-electron chi connectivity index (χ3n) is 3.94. The topological polar surface area (TPSA) is 84.9 Å². The van der Waals surface area contributed by atoms with E-state index in [2.05, 4.69) is 44.4 Å². The minimum atomic E-state index is 0.359. The molecule has 2 N–H and O–H groups in total. The SMILES string of the molecule is CCCC(CC)Nc1nc(COC)cc(Nc2nc3cccnc3s2)n1. The summed E-state index contributed by atoms with van der Waals surface area (Å²) in [5.41, 5.74) is 1.69. The van der Waals surface area contributed by atoms with Gasteiger partial charge in [0.05, 0.1) is 12.3 Å². The molecule has 0 aliphatic heterocycles. The fraction of sp³-hybridized carbons (Fsp3) is 0.444. The van der Waals surface area contributed by atoms with Gasteiger partial charge in [-0.1, -0.05) is 31.6 Å². The van der Waals surface area contributed by atoms with Crippen molar-refractivity contribution in [3.63, 3.8) is 0 Å². The number of hydrogen-bond acceptors (Lipinski definition) is 8. The van der Waals surface area contributed by atoms with Crippen LogP contribution in [0.25, 0.3) is 10.3 Å².